The Bertz CT molecular complexity index is 1240. The van der Waals surface area contributed by atoms with E-state index in [0.29, 0.717) is 16.9 Å². The average Bonchev–Trinajstić information content (AvgIpc) is 3.31. The fraction of sp³-hybridized carbons (Fsp3) is 0.250. The van der Waals surface area contributed by atoms with Gasteiger partial charge < -0.3 is 19.5 Å². The van der Waals surface area contributed by atoms with Gasteiger partial charge in [0, 0.05) is 24.2 Å². The molecule has 2 heterocycles. The van der Waals surface area contributed by atoms with Gasteiger partial charge in [-0.2, -0.15) is 8.78 Å². The molecule has 3 aromatic rings. The van der Waals surface area contributed by atoms with E-state index in [2.05, 4.69) is 15.2 Å². The topological polar surface area (TPSA) is 114 Å². The summed E-state index contributed by atoms with van der Waals surface area (Å²) in [5.41, 5.74) is 4.08. The van der Waals surface area contributed by atoms with Gasteiger partial charge in [-0.05, 0) is 42.7 Å². The van der Waals surface area contributed by atoms with Crippen LogP contribution in [0.2, 0.25) is 0 Å². The van der Waals surface area contributed by atoms with Gasteiger partial charge in [-0.15, -0.1) is 0 Å². The Balaban J connectivity index is 1.57. The van der Waals surface area contributed by atoms with Crippen LogP contribution in [0.1, 0.15) is 39.0 Å². The number of imide groups is 1. The zero-order valence-corrected chi connectivity index (χ0v) is 18.9. The van der Waals surface area contributed by atoms with Gasteiger partial charge in [0.2, 0.25) is 6.41 Å². The van der Waals surface area contributed by atoms with E-state index in [1.54, 1.807) is 18.2 Å². The molecule has 0 aliphatic carbocycles. The number of nitrogens with one attached hydrogen (secondary N) is 2. The SMILES string of the molecule is Cc1noc(C)c1-c1ccc([C@H](CN2Cc3ccc(OC(F)F)cc3C2=O)NC(=O)NC=O)cc1. The largest absolute Gasteiger partial charge is 0.435 e. The summed E-state index contributed by atoms with van der Waals surface area (Å²) in [5.74, 6) is 0.185. The van der Waals surface area contributed by atoms with Crippen LogP contribution in [0.15, 0.2) is 47.0 Å². The van der Waals surface area contributed by atoms with Crippen molar-refractivity contribution in [2.24, 2.45) is 0 Å². The van der Waals surface area contributed by atoms with Gasteiger partial charge in [-0.3, -0.25) is 14.9 Å². The molecule has 0 unspecified atom stereocenters. The number of carbonyl (C=O) groups is 3. The summed E-state index contributed by atoms with van der Waals surface area (Å²) >= 11 is 0. The predicted molar refractivity (Wildman–Crippen MR) is 120 cm³/mol. The molecule has 1 aromatic heterocycles. The first-order chi connectivity index (χ1) is 16.8. The molecule has 1 aliphatic rings. The number of hydrogen-bond donors (Lipinski definition) is 2. The smallest absolute Gasteiger partial charge is 0.387 e. The second-order valence-corrected chi connectivity index (χ2v) is 7.99. The molecule has 0 bridgehead atoms. The lowest BCUT2D eigenvalue weighted by atomic mass is 9.99. The highest BCUT2D eigenvalue weighted by molar-refractivity contribution is 5.98. The first-order valence-corrected chi connectivity index (χ1v) is 10.7. The van der Waals surface area contributed by atoms with Gasteiger partial charge in [0.15, 0.2) is 0 Å². The number of amides is 4. The Labute approximate surface area is 199 Å². The van der Waals surface area contributed by atoms with Crippen LogP contribution in [0, 0.1) is 13.8 Å². The molecule has 1 atom stereocenters. The monoisotopic (exact) mass is 484 g/mol. The van der Waals surface area contributed by atoms with E-state index in [0.717, 1.165) is 16.8 Å². The Morgan fingerprint density at radius 2 is 1.97 bits per heavy atom. The third-order valence-corrected chi connectivity index (χ3v) is 5.72. The minimum absolute atomic E-state index is 0.0789. The lowest BCUT2D eigenvalue weighted by Gasteiger charge is -2.25. The third kappa shape index (κ3) is 5.13. The van der Waals surface area contributed by atoms with Crippen molar-refractivity contribution >= 4 is 18.3 Å². The molecule has 35 heavy (non-hydrogen) atoms. The number of benzene rings is 2. The van der Waals surface area contributed by atoms with Crippen LogP contribution in [-0.4, -0.2) is 41.6 Å². The lowest BCUT2D eigenvalue weighted by Crippen LogP contribution is -2.42. The first kappa shape index (κ1) is 23.9. The van der Waals surface area contributed by atoms with Crippen molar-refractivity contribution in [2.75, 3.05) is 6.54 Å². The molecule has 2 N–H and O–H groups in total. The van der Waals surface area contributed by atoms with Crippen molar-refractivity contribution < 1.29 is 32.4 Å². The second kappa shape index (κ2) is 9.92. The summed E-state index contributed by atoms with van der Waals surface area (Å²) in [6.07, 6.45) is 0.258. The van der Waals surface area contributed by atoms with Crippen LogP contribution in [0.25, 0.3) is 11.1 Å². The quantitative estimate of drug-likeness (QED) is 0.471. The van der Waals surface area contributed by atoms with Crippen LogP contribution in [0.4, 0.5) is 13.6 Å². The number of carbonyl (C=O) groups excluding carboxylic acids is 3. The molecular formula is C24H22F2N4O5. The molecule has 4 rings (SSSR count). The van der Waals surface area contributed by atoms with Gasteiger partial charge in [0.1, 0.15) is 11.5 Å². The minimum atomic E-state index is -3.00. The van der Waals surface area contributed by atoms with Crippen molar-refractivity contribution in [1.29, 1.82) is 0 Å². The zero-order chi connectivity index (χ0) is 25.1. The molecule has 0 saturated heterocycles. The first-order valence-electron chi connectivity index (χ1n) is 10.7. The molecule has 9 nitrogen and oxygen atoms in total. The van der Waals surface area contributed by atoms with Gasteiger partial charge >= 0.3 is 12.6 Å². The van der Waals surface area contributed by atoms with Crippen molar-refractivity contribution in [2.45, 2.75) is 33.0 Å². The summed E-state index contributed by atoms with van der Waals surface area (Å²) in [7, 11) is 0. The van der Waals surface area contributed by atoms with E-state index < -0.39 is 18.7 Å². The number of hydrogen-bond acceptors (Lipinski definition) is 6. The van der Waals surface area contributed by atoms with E-state index >= 15 is 0 Å². The van der Waals surface area contributed by atoms with Crippen LogP contribution < -0.4 is 15.4 Å². The highest BCUT2D eigenvalue weighted by atomic mass is 19.3. The van der Waals surface area contributed by atoms with E-state index in [4.69, 9.17) is 4.52 Å². The van der Waals surface area contributed by atoms with Crippen molar-refractivity contribution in [3.8, 4) is 16.9 Å². The fourth-order valence-corrected chi connectivity index (χ4v) is 4.15. The molecule has 0 saturated carbocycles. The third-order valence-electron chi connectivity index (χ3n) is 5.72. The van der Waals surface area contributed by atoms with E-state index in [-0.39, 0.29) is 36.7 Å². The van der Waals surface area contributed by atoms with E-state index in [1.165, 1.54) is 17.0 Å². The number of nitrogens with zero attached hydrogens (tertiary/aromatic N) is 2. The number of aromatic nitrogens is 1. The molecule has 2 aromatic carbocycles. The summed E-state index contributed by atoms with van der Waals surface area (Å²) < 4.78 is 34.7. The number of ether oxygens (including phenoxy) is 1. The number of urea groups is 1. The predicted octanol–water partition coefficient (Wildman–Crippen LogP) is 3.71. The molecule has 0 fully saturated rings. The van der Waals surface area contributed by atoms with Gasteiger partial charge in [-0.1, -0.05) is 35.5 Å². The van der Waals surface area contributed by atoms with Gasteiger partial charge in [-0.25, -0.2) is 4.79 Å². The number of fused-ring (bicyclic) bond motifs is 1. The summed E-state index contributed by atoms with van der Waals surface area (Å²) in [4.78, 5) is 37.3. The number of rotatable bonds is 8. The zero-order valence-electron chi connectivity index (χ0n) is 18.9. The standard InChI is InChI=1S/C24H22F2N4O5/c1-13-21(14(2)35-29-13)16-5-3-15(4-6-16)20(28-24(33)27-12-31)11-30-10-17-7-8-18(34-23(25)26)9-19(17)22(30)32/h3-9,12,20,23H,10-11H2,1-2H3,(H2,27,28,31,33)/t20-/m0/s1. The number of halogens is 2. The van der Waals surface area contributed by atoms with Crippen LogP contribution >= 0.6 is 0 Å². The Morgan fingerprint density at radius 1 is 1.23 bits per heavy atom. The summed E-state index contributed by atoms with van der Waals surface area (Å²) in [6, 6.07) is 10.1. The van der Waals surface area contributed by atoms with Gasteiger partial charge in [0.05, 0.1) is 11.7 Å². The van der Waals surface area contributed by atoms with E-state index in [9.17, 15) is 23.2 Å². The molecule has 11 heteroatoms. The molecule has 0 spiro atoms. The van der Waals surface area contributed by atoms with Crippen molar-refractivity contribution in [1.82, 2.24) is 20.7 Å². The molecular weight excluding hydrogens is 462 g/mol. The number of aryl methyl sites for hydroxylation is 2. The Morgan fingerprint density at radius 3 is 2.60 bits per heavy atom. The lowest BCUT2D eigenvalue weighted by molar-refractivity contribution is -0.108. The average molecular weight is 484 g/mol. The van der Waals surface area contributed by atoms with Crippen LogP contribution in [0.3, 0.4) is 0 Å². The van der Waals surface area contributed by atoms with Crippen LogP contribution in [-0.2, 0) is 11.3 Å². The summed E-state index contributed by atoms with van der Waals surface area (Å²) in [6.45, 7) is 0.955. The Kier molecular flexibility index (Phi) is 6.76. The van der Waals surface area contributed by atoms with Gasteiger partial charge in [0.25, 0.3) is 5.91 Å². The fourth-order valence-electron chi connectivity index (χ4n) is 4.15. The maximum Gasteiger partial charge on any atom is 0.387 e. The maximum absolute atomic E-state index is 13.0. The van der Waals surface area contributed by atoms with Crippen LogP contribution in [0.5, 0.6) is 5.75 Å². The second-order valence-electron chi connectivity index (χ2n) is 7.99. The highest BCUT2D eigenvalue weighted by Crippen LogP contribution is 2.31. The van der Waals surface area contributed by atoms with E-state index in [1.807, 2.05) is 31.3 Å². The number of alkyl halides is 2. The normalized spacial score (nSPS) is 13.5. The maximum atomic E-state index is 13.0. The molecule has 0 radical (unpaired) electrons. The highest BCUT2D eigenvalue weighted by Gasteiger charge is 2.31. The Hall–Kier alpha value is -4.28. The van der Waals surface area contributed by atoms with Crippen molar-refractivity contribution in [3.63, 3.8) is 0 Å². The molecule has 4 amide bonds. The minimum Gasteiger partial charge on any atom is -0.435 e. The molecule has 1 aliphatic heterocycles. The summed E-state index contributed by atoms with van der Waals surface area (Å²) in [5, 5.41) is 8.68. The molecule has 182 valence electrons. The van der Waals surface area contributed by atoms with Crippen molar-refractivity contribution in [3.05, 3.63) is 70.6 Å².